The second-order valence-electron chi connectivity index (χ2n) is 1.88. The van der Waals surface area contributed by atoms with Crippen molar-refractivity contribution in [1.29, 1.82) is 0 Å². The van der Waals surface area contributed by atoms with Gasteiger partial charge in [0.1, 0.15) is 0 Å². The predicted molar refractivity (Wildman–Crippen MR) is 45.1 cm³/mol. The summed E-state index contributed by atoms with van der Waals surface area (Å²) in [4.78, 5) is 9.47. The molecule has 0 atom stereocenters. The van der Waals surface area contributed by atoms with Crippen LogP contribution in [-0.4, -0.2) is 26.4 Å². The maximum Gasteiger partial charge on any atom is 0.240 e. The van der Waals surface area contributed by atoms with Crippen LogP contribution in [0.5, 0.6) is 0 Å². The van der Waals surface area contributed by atoms with E-state index in [0.717, 1.165) is 6.08 Å². The number of hydrogen-bond acceptors (Lipinski definition) is 5. The highest BCUT2D eigenvalue weighted by atomic mass is 16.3. The van der Waals surface area contributed by atoms with Crippen molar-refractivity contribution in [2.75, 3.05) is 0 Å². The summed E-state index contributed by atoms with van der Waals surface area (Å²) in [5.41, 5.74) is 5.08. The molecule has 0 aliphatic carbocycles. The highest BCUT2D eigenvalue weighted by Crippen LogP contribution is 1.84. The summed E-state index contributed by atoms with van der Waals surface area (Å²) in [6, 6.07) is 1.60. The lowest BCUT2D eigenvalue weighted by Crippen LogP contribution is -2.04. The number of nitrogens with zero attached hydrogens (tertiary/aromatic N) is 3. The molecule has 1 heterocycles. The Morgan fingerprint density at radius 2 is 2.38 bits per heavy atom. The van der Waals surface area contributed by atoms with Crippen molar-refractivity contribution < 1.29 is 9.90 Å². The number of carbonyl (C=O) groups excluding carboxylic acids is 1. The SMILES string of the molecule is C=CC(N)=O.OCc1ccnnn1. The zero-order valence-corrected chi connectivity index (χ0v) is 6.92. The molecule has 1 aromatic heterocycles. The highest BCUT2D eigenvalue weighted by Gasteiger charge is 1.85. The zero-order valence-electron chi connectivity index (χ0n) is 6.92. The second-order valence-corrected chi connectivity index (χ2v) is 1.88. The smallest absolute Gasteiger partial charge is 0.240 e. The molecule has 0 unspecified atom stereocenters. The van der Waals surface area contributed by atoms with Gasteiger partial charge in [0.2, 0.25) is 5.91 Å². The van der Waals surface area contributed by atoms with E-state index in [1.165, 1.54) is 6.20 Å². The van der Waals surface area contributed by atoms with Crippen LogP contribution in [0.1, 0.15) is 5.69 Å². The van der Waals surface area contributed by atoms with Crippen LogP contribution in [0.3, 0.4) is 0 Å². The number of carbonyl (C=O) groups is 1. The lowest BCUT2D eigenvalue weighted by molar-refractivity contribution is -0.113. The Labute approximate surface area is 75.1 Å². The fraction of sp³-hybridized carbons (Fsp3) is 0.143. The van der Waals surface area contributed by atoms with Crippen molar-refractivity contribution in [2.24, 2.45) is 5.73 Å². The van der Waals surface area contributed by atoms with Gasteiger partial charge in [-0.2, -0.15) is 0 Å². The Morgan fingerprint density at radius 1 is 1.77 bits per heavy atom. The Balaban J connectivity index is 0.000000252. The third kappa shape index (κ3) is 6.57. The lowest BCUT2D eigenvalue weighted by Gasteiger charge is -1.85. The summed E-state index contributed by atoms with van der Waals surface area (Å²) >= 11 is 0. The maximum absolute atomic E-state index is 9.47. The normalized spacial score (nSPS) is 8.08. The van der Waals surface area contributed by atoms with Crippen molar-refractivity contribution in [1.82, 2.24) is 15.4 Å². The van der Waals surface area contributed by atoms with Gasteiger partial charge in [-0.25, -0.2) is 0 Å². The molecule has 1 rings (SSSR count). The van der Waals surface area contributed by atoms with Crippen molar-refractivity contribution >= 4 is 5.91 Å². The van der Waals surface area contributed by atoms with Gasteiger partial charge in [0.15, 0.2) is 0 Å². The molecule has 0 saturated heterocycles. The fourth-order valence-corrected chi connectivity index (χ4v) is 0.350. The van der Waals surface area contributed by atoms with E-state index in [2.05, 4.69) is 27.7 Å². The van der Waals surface area contributed by atoms with Gasteiger partial charge in [0.25, 0.3) is 0 Å². The van der Waals surface area contributed by atoms with Gasteiger partial charge in [0.05, 0.1) is 18.5 Å². The highest BCUT2D eigenvalue weighted by molar-refractivity contribution is 5.84. The lowest BCUT2D eigenvalue weighted by atomic mass is 10.5. The van der Waals surface area contributed by atoms with E-state index in [0.29, 0.717) is 5.69 Å². The molecule has 6 heteroatoms. The van der Waals surface area contributed by atoms with E-state index in [4.69, 9.17) is 5.11 Å². The van der Waals surface area contributed by atoms with Gasteiger partial charge >= 0.3 is 0 Å². The number of nitrogens with two attached hydrogens (primary N) is 1. The van der Waals surface area contributed by atoms with Crippen LogP contribution in [-0.2, 0) is 11.4 Å². The van der Waals surface area contributed by atoms with Crippen LogP contribution in [0, 0.1) is 0 Å². The molecule has 70 valence electrons. The van der Waals surface area contributed by atoms with E-state index in [9.17, 15) is 4.79 Å². The van der Waals surface area contributed by atoms with E-state index >= 15 is 0 Å². The van der Waals surface area contributed by atoms with Crippen LogP contribution >= 0.6 is 0 Å². The summed E-state index contributed by atoms with van der Waals surface area (Å²) in [5.74, 6) is -0.481. The summed E-state index contributed by atoms with van der Waals surface area (Å²) in [6.07, 6.45) is 2.54. The van der Waals surface area contributed by atoms with Crippen molar-refractivity contribution in [2.45, 2.75) is 6.61 Å². The topological polar surface area (TPSA) is 102 Å². The Bertz CT molecular complexity index is 262. The molecule has 0 aliphatic rings. The average molecular weight is 182 g/mol. The Morgan fingerprint density at radius 3 is 2.62 bits per heavy atom. The number of aromatic nitrogens is 3. The standard InChI is InChI=1S/C4H5N3O.C3H5NO/c8-3-4-1-2-5-7-6-4;1-2-3(4)5/h1-2,8H,3H2;2H,1H2,(H2,4,5). The summed E-state index contributed by atoms with van der Waals surface area (Å²) in [5, 5.41) is 18.6. The van der Waals surface area contributed by atoms with Crippen molar-refractivity contribution in [3.05, 3.63) is 30.6 Å². The number of primary amides is 1. The van der Waals surface area contributed by atoms with E-state index in [1.807, 2.05) is 0 Å². The Kier molecular flexibility index (Phi) is 5.90. The molecule has 3 N–H and O–H groups in total. The second kappa shape index (κ2) is 6.86. The molecule has 0 fully saturated rings. The molecule has 0 bridgehead atoms. The maximum atomic E-state index is 9.47. The first-order valence-electron chi connectivity index (χ1n) is 3.36. The quantitative estimate of drug-likeness (QED) is 0.572. The number of aliphatic hydroxyl groups is 1. The number of aliphatic hydroxyl groups excluding tert-OH is 1. The van der Waals surface area contributed by atoms with Gasteiger partial charge in [-0.05, 0) is 17.4 Å². The van der Waals surface area contributed by atoms with Crippen LogP contribution in [0.4, 0.5) is 0 Å². The van der Waals surface area contributed by atoms with Crippen LogP contribution < -0.4 is 5.73 Å². The van der Waals surface area contributed by atoms with Crippen LogP contribution in [0.2, 0.25) is 0 Å². The van der Waals surface area contributed by atoms with E-state index < -0.39 is 5.91 Å². The zero-order chi connectivity index (χ0) is 10.1. The average Bonchev–Trinajstić information content (AvgIpc) is 2.20. The first-order valence-corrected chi connectivity index (χ1v) is 3.36. The van der Waals surface area contributed by atoms with Crippen LogP contribution in [0.15, 0.2) is 24.9 Å². The minimum Gasteiger partial charge on any atom is -0.390 e. The van der Waals surface area contributed by atoms with Gasteiger partial charge in [-0.15, -0.1) is 10.2 Å². The number of rotatable bonds is 2. The minimum absolute atomic E-state index is 0.0739. The molecule has 13 heavy (non-hydrogen) atoms. The molecular formula is C7H10N4O2. The third-order valence-corrected chi connectivity index (χ3v) is 0.922. The minimum atomic E-state index is -0.481. The molecule has 1 aromatic rings. The largest absolute Gasteiger partial charge is 0.390 e. The van der Waals surface area contributed by atoms with Gasteiger partial charge in [-0.1, -0.05) is 6.58 Å². The van der Waals surface area contributed by atoms with E-state index in [-0.39, 0.29) is 6.61 Å². The van der Waals surface area contributed by atoms with Gasteiger partial charge in [0, 0.05) is 0 Å². The molecule has 1 amide bonds. The number of hydrogen-bond donors (Lipinski definition) is 2. The molecule has 0 spiro atoms. The summed E-state index contributed by atoms with van der Waals surface area (Å²) in [6.45, 7) is 3.01. The molecular weight excluding hydrogens is 172 g/mol. The predicted octanol–water partition coefficient (Wildman–Crippen LogP) is -0.978. The molecule has 6 nitrogen and oxygen atoms in total. The molecule has 0 saturated carbocycles. The third-order valence-electron chi connectivity index (χ3n) is 0.922. The van der Waals surface area contributed by atoms with Crippen LogP contribution in [0.25, 0.3) is 0 Å². The van der Waals surface area contributed by atoms with Gasteiger partial charge in [-0.3, -0.25) is 4.79 Å². The van der Waals surface area contributed by atoms with Gasteiger partial charge < -0.3 is 10.8 Å². The summed E-state index contributed by atoms with van der Waals surface area (Å²) < 4.78 is 0. The fourth-order valence-electron chi connectivity index (χ4n) is 0.350. The monoisotopic (exact) mass is 182 g/mol. The molecule has 0 aliphatic heterocycles. The van der Waals surface area contributed by atoms with E-state index in [1.54, 1.807) is 6.07 Å². The first kappa shape index (κ1) is 11.2. The van der Waals surface area contributed by atoms with Crippen molar-refractivity contribution in [3.8, 4) is 0 Å². The molecule has 0 radical (unpaired) electrons. The first-order chi connectivity index (χ1) is 6.20. The Hall–Kier alpha value is -1.82. The number of amides is 1. The molecule has 0 aromatic carbocycles. The van der Waals surface area contributed by atoms with Crippen molar-refractivity contribution in [3.63, 3.8) is 0 Å². The summed E-state index contributed by atoms with van der Waals surface area (Å²) in [7, 11) is 0.